The third kappa shape index (κ3) is 3.21. The van der Waals surface area contributed by atoms with Gasteiger partial charge in [-0.25, -0.2) is 4.79 Å². The molecule has 0 fully saturated rings. The number of hydrogen-bond donors (Lipinski definition) is 0. The molecule has 0 saturated heterocycles. The van der Waals surface area contributed by atoms with Gasteiger partial charge in [-0.2, -0.15) is 0 Å². The van der Waals surface area contributed by atoms with Crippen LogP contribution >= 0.6 is 0 Å². The highest BCUT2D eigenvalue weighted by Crippen LogP contribution is 2.34. The number of ether oxygens (including phenoxy) is 2. The first kappa shape index (κ1) is 16.3. The predicted molar refractivity (Wildman–Crippen MR) is 95.5 cm³/mol. The van der Waals surface area contributed by atoms with Crippen molar-refractivity contribution in [3.63, 3.8) is 0 Å². The summed E-state index contributed by atoms with van der Waals surface area (Å²) in [6.07, 6.45) is 5.77. The minimum atomic E-state index is -0.281. The third-order valence-electron chi connectivity index (χ3n) is 4.55. The van der Waals surface area contributed by atoms with Crippen molar-refractivity contribution in [2.24, 2.45) is 0 Å². The number of methoxy groups -OCH3 is 1. The van der Waals surface area contributed by atoms with Gasteiger partial charge in [-0.15, -0.1) is 0 Å². The van der Waals surface area contributed by atoms with Gasteiger partial charge in [-0.3, -0.25) is 0 Å². The lowest BCUT2D eigenvalue weighted by atomic mass is 9.85. The summed E-state index contributed by atoms with van der Waals surface area (Å²) in [4.78, 5) is 12.2. The van der Waals surface area contributed by atoms with Crippen LogP contribution < -0.4 is 4.74 Å². The Labute approximate surface area is 142 Å². The van der Waals surface area contributed by atoms with E-state index in [0.29, 0.717) is 12.2 Å². The van der Waals surface area contributed by atoms with Crippen molar-refractivity contribution in [1.29, 1.82) is 0 Å². The van der Waals surface area contributed by atoms with Gasteiger partial charge in [-0.1, -0.05) is 43.3 Å². The summed E-state index contributed by atoms with van der Waals surface area (Å²) in [6.45, 7) is 2.68. The Bertz CT molecular complexity index is 761. The van der Waals surface area contributed by atoms with E-state index in [2.05, 4.69) is 13.0 Å². The maximum atomic E-state index is 12.2. The third-order valence-corrected chi connectivity index (χ3v) is 4.55. The number of esters is 1. The molecule has 0 radical (unpaired) electrons. The summed E-state index contributed by atoms with van der Waals surface area (Å²) in [5.41, 5.74) is 3.95. The van der Waals surface area contributed by atoms with Crippen LogP contribution in [0, 0.1) is 0 Å². The fraction of sp³-hybridized carbons (Fsp3) is 0.286. The molecule has 3 rings (SSSR count). The quantitative estimate of drug-likeness (QED) is 0.757. The summed E-state index contributed by atoms with van der Waals surface area (Å²) >= 11 is 0. The van der Waals surface area contributed by atoms with Crippen molar-refractivity contribution < 1.29 is 14.3 Å². The van der Waals surface area contributed by atoms with Crippen LogP contribution in [-0.2, 0) is 11.2 Å². The van der Waals surface area contributed by atoms with Crippen LogP contribution in [0.25, 0.3) is 6.08 Å². The number of para-hydroxylation sites is 1. The van der Waals surface area contributed by atoms with E-state index in [1.807, 2.05) is 48.6 Å². The Morgan fingerprint density at radius 2 is 2.04 bits per heavy atom. The molecule has 0 aromatic heterocycles. The molecule has 3 heteroatoms. The number of benzene rings is 2. The summed E-state index contributed by atoms with van der Waals surface area (Å²) < 4.78 is 10.9. The number of carbonyl (C=O) groups is 1. The van der Waals surface area contributed by atoms with Gasteiger partial charge in [0.2, 0.25) is 0 Å². The van der Waals surface area contributed by atoms with E-state index in [-0.39, 0.29) is 11.9 Å². The van der Waals surface area contributed by atoms with Gasteiger partial charge in [0.15, 0.2) is 0 Å². The molecular formula is C21H22O3. The molecule has 1 atom stereocenters. The maximum absolute atomic E-state index is 12.2. The summed E-state index contributed by atoms with van der Waals surface area (Å²) in [5, 5.41) is 0. The molecule has 3 nitrogen and oxygen atoms in total. The molecule has 124 valence electrons. The highest BCUT2D eigenvalue weighted by Gasteiger charge is 2.21. The molecule has 0 bridgehead atoms. The molecule has 0 amide bonds. The van der Waals surface area contributed by atoms with Crippen LogP contribution in [0.2, 0.25) is 0 Å². The topological polar surface area (TPSA) is 35.5 Å². The van der Waals surface area contributed by atoms with Crippen molar-refractivity contribution in [1.82, 2.24) is 0 Å². The molecule has 0 saturated carbocycles. The molecule has 0 N–H and O–H groups in total. The Balaban J connectivity index is 2.13. The molecule has 24 heavy (non-hydrogen) atoms. The van der Waals surface area contributed by atoms with Gasteiger partial charge in [0.25, 0.3) is 0 Å². The van der Waals surface area contributed by atoms with Crippen LogP contribution in [0.1, 0.15) is 46.3 Å². The van der Waals surface area contributed by atoms with Gasteiger partial charge in [0.1, 0.15) is 12.4 Å². The number of hydrogen-bond acceptors (Lipinski definition) is 3. The number of carbonyl (C=O) groups excluding carboxylic acids is 1. The molecule has 1 heterocycles. The molecule has 2 aromatic rings. The van der Waals surface area contributed by atoms with E-state index < -0.39 is 0 Å². The molecule has 1 aliphatic rings. The smallest absolute Gasteiger partial charge is 0.338 e. The Morgan fingerprint density at radius 3 is 2.83 bits per heavy atom. The van der Waals surface area contributed by atoms with Gasteiger partial charge >= 0.3 is 5.97 Å². The van der Waals surface area contributed by atoms with Crippen molar-refractivity contribution in [3.05, 3.63) is 70.8 Å². The second-order valence-electron chi connectivity index (χ2n) is 5.93. The summed E-state index contributed by atoms with van der Waals surface area (Å²) in [5.74, 6) is 0.932. The van der Waals surface area contributed by atoms with E-state index >= 15 is 0 Å². The monoisotopic (exact) mass is 322 g/mol. The van der Waals surface area contributed by atoms with E-state index in [4.69, 9.17) is 9.47 Å². The first-order valence-corrected chi connectivity index (χ1v) is 8.33. The lowest BCUT2D eigenvalue weighted by molar-refractivity contribution is 0.0599. The summed E-state index contributed by atoms with van der Waals surface area (Å²) in [6, 6.07) is 14.0. The first-order chi connectivity index (χ1) is 11.7. The standard InChI is InChI=1S/C21H22O3/c1-3-15-14-19-16(8-6-11-18(19)21(22)23-2)9-7-13-24-20-12-5-4-10-17(15)20/h4-12,15H,3,13-14H2,1-2H3/b9-7-. The lowest BCUT2D eigenvalue weighted by Crippen LogP contribution is -2.13. The minimum Gasteiger partial charge on any atom is -0.489 e. The van der Waals surface area contributed by atoms with Crippen molar-refractivity contribution in [2.75, 3.05) is 13.7 Å². The van der Waals surface area contributed by atoms with Crippen LogP contribution in [0.3, 0.4) is 0 Å². The van der Waals surface area contributed by atoms with Crippen LogP contribution in [-0.4, -0.2) is 19.7 Å². The molecule has 1 aliphatic heterocycles. The fourth-order valence-electron chi connectivity index (χ4n) is 3.27. The van der Waals surface area contributed by atoms with E-state index in [9.17, 15) is 4.79 Å². The van der Waals surface area contributed by atoms with E-state index in [0.717, 1.165) is 29.7 Å². The van der Waals surface area contributed by atoms with E-state index in [1.165, 1.54) is 12.7 Å². The number of rotatable bonds is 2. The Morgan fingerprint density at radius 1 is 1.21 bits per heavy atom. The highest BCUT2D eigenvalue weighted by molar-refractivity contribution is 5.92. The maximum Gasteiger partial charge on any atom is 0.338 e. The minimum absolute atomic E-state index is 0.281. The predicted octanol–water partition coefficient (Wildman–Crippen LogP) is 4.62. The normalized spacial score (nSPS) is 17.8. The van der Waals surface area contributed by atoms with Crippen molar-refractivity contribution in [2.45, 2.75) is 25.7 Å². The first-order valence-electron chi connectivity index (χ1n) is 8.33. The van der Waals surface area contributed by atoms with Gasteiger partial charge in [0.05, 0.1) is 12.7 Å². The lowest BCUT2D eigenvalue weighted by Gasteiger charge is -2.22. The number of fused-ring (bicyclic) bond motifs is 2. The van der Waals surface area contributed by atoms with Gasteiger partial charge in [0, 0.05) is 0 Å². The van der Waals surface area contributed by atoms with Gasteiger partial charge in [-0.05, 0) is 53.7 Å². The molecule has 2 aromatic carbocycles. The Kier molecular flexibility index (Phi) is 4.99. The largest absolute Gasteiger partial charge is 0.489 e. The van der Waals surface area contributed by atoms with Crippen LogP contribution in [0.5, 0.6) is 5.75 Å². The van der Waals surface area contributed by atoms with Crippen LogP contribution in [0.15, 0.2) is 48.5 Å². The Hall–Kier alpha value is -2.55. The second-order valence-corrected chi connectivity index (χ2v) is 5.93. The average Bonchev–Trinajstić information content (AvgIpc) is 2.63. The zero-order valence-electron chi connectivity index (χ0n) is 14.1. The van der Waals surface area contributed by atoms with Crippen molar-refractivity contribution >= 4 is 12.0 Å². The SMILES string of the molecule is CCC1Cc2c(cccc2C(=O)OC)/C=C\COc2ccccc21. The van der Waals surface area contributed by atoms with Crippen LogP contribution in [0.4, 0.5) is 0 Å². The molecule has 1 unspecified atom stereocenters. The average molecular weight is 322 g/mol. The zero-order chi connectivity index (χ0) is 16.9. The molecule has 0 spiro atoms. The molecule has 0 aliphatic carbocycles. The van der Waals surface area contributed by atoms with Gasteiger partial charge < -0.3 is 9.47 Å². The summed E-state index contributed by atoms with van der Waals surface area (Å²) in [7, 11) is 1.43. The zero-order valence-corrected chi connectivity index (χ0v) is 14.1. The van der Waals surface area contributed by atoms with Crippen molar-refractivity contribution in [3.8, 4) is 5.75 Å². The second kappa shape index (κ2) is 7.35. The van der Waals surface area contributed by atoms with E-state index in [1.54, 1.807) is 0 Å². The highest BCUT2D eigenvalue weighted by atomic mass is 16.5. The fourth-order valence-corrected chi connectivity index (χ4v) is 3.27. The molecular weight excluding hydrogens is 300 g/mol.